The summed E-state index contributed by atoms with van der Waals surface area (Å²) in [6.07, 6.45) is -1.83. The van der Waals surface area contributed by atoms with E-state index in [4.69, 9.17) is 0 Å². The quantitative estimate of drug-likeness (QED) is 0.253. The van der Waals surface area contributed by atoms with E-state index in [-0.39, 0.29) is 23.4 Å². The second-order valence-corrected chi connectivity index (χ2v) is 12.4. The van der Waals surface area contributed by atoms with Crippen LogP contribution in [0.25, 0.3) is 0 Å². The summed E-state index contributed by atoms with van der Waals surface area (Å²) in [5, 5.41) is 18.6. The average molecular weight is 633 g/mol. The molecule has 3 aromatic rings. The summed E-state index contributed by atoms with van der Waals surface area (Å²) in [6.45, 7) is 2.49. The Morgan fingerprint density at radius 2 is 1.39 bits per heavy atom. The Bertz CT molecular complexity index is 1470. The summed E-state index contributed by atoms with van der Waals surface area (Å²) >= 11 is 1.27. The fraction of sp³-hybridized carbons (Fsp3) is 0.323. The number of rotatable bonds is 10. The largest absolute Gasteiger partial charge is 0.381 e. The Morgan fingerprint density at radius 1 is 0.864 bits per heavy atom. The van der Waals surface area contributed by atoms with Gasteiger partial charge in [-0.3, -0.25) is 9.59 Å². The molecule has 8 nitrogen and oxygen atoms in total. The first-order chi connectivity index (χ1) is 20.9. The molecule has 0 aromatic heterocycles. The molecule has 4 N–H and O–H groups in total. The number of urea groups is 1. The molecule has 4 rings (SSSR count). The number of nitrogens with zero attached hydrogens (tertiary/aromatic N) is 1. The highest BCUT2D eigenvalue weighted by Gasteiger charge is 2.49. The van der Waals surface area contributed by atoms with Gasteiger partial charge in [0.2, 0.25) is 5.91 Å². The lowest BCUT2D eigenvalue weighted by atomic mass is 9.97. The number of carbonyl (C=O) groups is 3. The van der Waals surface area contributed by atoms with Gasteiger partial charge in [-0.1, -0.05) is 42.5 Å². The summed E-state index contributed by atoms with van der Waals surface area (Å²) in [6, 6.07) is 12.1. The van der Waals surface area contributed by atoms with Crippen molar-refractivity contribution in [2.45, 2.75) is 56.3 Å². The van der Waals surface area contributed by atoms with Gasteiger partial charge in [-0.2, -0.15) is 0 Å². The van der Waals surface area contributed by atoms with Crippen LogP contribution in [0.1, 0.15) is 30.5 Å². The second-order valence-electron chi connectivity index (χ2n) is 10.8. The van der Waals surface area contributed by atoms with Gasteiger partial charge in [0.15, 0.2) is 6.10 Å². The van der Waals surface area contributed by atoms with Crippen LogP contribution in [0.3, 0.4) is 0 Å². The molecule has 1 saturated heterocycles. The number of carbonyl (C=O) groups excluding carboxylic acids is 3. The zero-order valence-electron chi connectivity index (χ0n) is 24.0. The number of aliphatic hydroxyl groups excluding tert-OH is 1. The Morgan fingerprint density at radius 3 is 1.93 bits per heavy atom. The highest BCUT2D eigenvalue weighted by Crippen LogP contribution is 2.40. The number of nitrogens with one attached hydrogen (secondary N) is 3. The van der Waals surface area contributed by atoms with Gasteiger partial charge in [0, 0.05) is 22.4 Å². The van der Waals surface area contributed by atoms with Crippen molar-refractivity contribution >= 4 is 29.6 Å². The third-order valence-corrected chi connectivity index (χ3v) is 8.69. The molecule has 1 aliphatic heterocycles. The van der Waals surface area contributed by atoms with Crippen molar-refractivity contribution in [1.82, 2.24) is 20.9 Å². The number of hydrogen-bond acceptors (Lipinski definition) is 5. The van der Waals surface area contributed by atoms with Crippen molar-refractivity contribution in [1.29, 1.82) is 0 Å². The van der Waals surface area contributed by atoms with Gasteiger partial charge in [0.25, 0.3) is 5.91 Å². The Kier molecular flexibility index (Phi) is 10.5. The summed E-state index contributed by atoms with van der Waals surface area (Å²) in [5.41, 5.74) is -0.0305. The molecule has 0 saturated carbocycles. The molecule has 234 valence electrons. The molecule has 0 bridgehead atoms. The van der Waals surface area contributed by atoms with Crippen molar-refractivity contribution in [3.63, 3.8) is 0 Å². The first-order valence-corrected chi connectivity index (χ1v) is 14.7. The number of halogens is 4. The fourth-order valence-corrected chi connectivity index (χ4v) is 6.07. The molecule has 3 unspecified atom stereocenters. The number of thioether (sulfide) groups is 1. The summed E-state index contributed by atoms with van der Waals surface area (Å²) in [5.74, 6) is -4.89. The zero-order valence-corrected chi connectivity index (χ0v) is 24.8. The monoisotopic (exact) mass is 632 g/mol. The van der Waals surface area contributed by atoms with Gasteiger partial charge in [0.1, 0.15) is 29.3 Å². The van der Waals surface area contributed by atoms with Gasteiger partial charge in [0.05, 0.1) is 18.5 Å². The SMILES string of the molecule is CC1(C)SCN(C(=O)C(O)C(Cc2ccccc2)NC(=O)NCc2c(F)cccc2F)C1C(=O)NCc1c(F)cccc1F. The maximum Gasteiger partial charge on any atom is 0.315 e. The van der Waals surface area contributed by atoms with Crippen LogP contribution in [0, 0.1) is 23.3 Å². The van der Waals surface area contributed by atoms with Gasteiger partial charge in [-0.15, -0.1) is 11.8 Å². The molecule has 4 amide bonds. The van der Waals surface area contributed by atoms with Gasteiger partial charge >= 0.3 is 6.03 Å². The fourth-order valence-electron chi connectivity index (χ4n) is 4.93. The lowest BCUT2D eigenvalue weighted by molar-refractivity contribution is -0.147. The first kappa shape index (κ1) is 32.8. The minimum Gasteiger partial charge on any atom is -0.381 e. The Hall–Kier alpha value is -4.10. The molecule has 0 spiro atoms. The van der Waals surface area contributed by atoms with E-state index in [9.17, 15) is 37.1 Å². The second kappa shape index (κ2) is 14.1. The molecule has 3 aromatic carbocycles. The lowest BCUT2D eigenvalue weighted by Crippen LogP contribution is -2.59. The maximum absolute atomic E-state index is 14.1. The number of hydrogen-bond donors (Lipinski definition) is 4. The van der Waals surface area contributed by atoms with E-state index < -0.39 is 77.1 Å². The van der Waals surface area contributed by atoms with E-state index in [2.05, 4.69) is 16.0 Å². The molecule has 1 heterocycles. The van der Waals surface area contributed by atoms with Crippen molar-refractivity contribution in [2.75, 3.05) is 5.88 Å². The molecular weight excluding hydrogens is 600 g/mol. The van der Waals surface area contributed by atoms with Crippen LogP contribution < -0.4 is 16.0 Å². The van der Waals surface area contributed by atoms with Crippen LogP contribution in [0.5, 0.6) is 0 Å². The third-order valence-electron chi connectivity index (χ3n) is 7.31. The van der Waals surface area contributed by atoms with Crippen molar-refractivity contribution < 1.29 is 37.1 Å². The van der Waals surface area contributed by atoms with E-state index in [0.717, 1.165) is 29.2 Å². The average Bonchev–Trinajstić information content (AvgIpc) is 3.30. The first-order valence-electron chi connectivity index (χ1n) is 13.7. The lowest BCUT2D eigenvalue weighted by Gasteiger charge is -2.33. The smallest absolute Gasteiger partial charge is 0.315 e. The Labute approximate surface area is 256 Å². The summed E-state index contributed by atoms with van der Waals surface area (Å²) in [7, 11) is 0. The molecule has 3 atom stereocenters. The van der Waals surface area contributed by atoms with Crippen molar-refractivity contribution in [3.05, 3.63) is 107 Å². The molecular formula is C31H32F4N4O4S. The minimum atomic E-state index is -1.83. The zero-order chi connectivity index (χ0) is 32.0. The van der Waals surface area contributed by atoms with E-state index in [1.807, 2.05) is 0 Å². The maximum atomic E-state index is 14.1. The number of aliphatic hydroxyl groups is 1. The predicted molar refractivity (Wildman–Crippen MR) is 157 cm³/mol. The third kappa shape index (κ3) is 7.69. The standard InChI is InChI=1S/C31H32F4N4O4S/c1-31(2)27(28(41)36-15-19-21(32)10-6-11-22(19)33)39(17-44-31)29(42)26(40)25(14-18-8-4-3-5-9-18)38-30(43)37-16-20-23(34)12-7-13-24(20)35/h3-13,25-27,40H,14-17H2,1-2H3,(H,36,41)(H2,37,38,43). The van der Waals surface area contributed by atoms with Crippen LogP contribution in [0.15, 0.2) is 66.7 Å². The van der Waals surface area contributed by atoms with E-state index in [0.29, 0.717) is 5.56 Å². The Balaban J connectivity index is 1.50. The molecule has 0 radical (unpaired) electrons. The number of amides is 4. The van der Waals surface area contributed by atoms with Crippen LogP contribution >= 0.6 is 11.8 Å². The van der Waals surface area contributed by atoms with Crippen LogP contribution in [-0.2, 0) is 29.1 Å². The van der Waals surface area contributed by atoms with Gasteiger partial charge < -0.3 is 26.0 Å². The normalized spacial score (nSPS) is 17.1. The van der Waals surface area contributed by atoms with Crippen LogP contribution in [-0.4, -0.2) is 56.7 Å². The summed E-state index contributed by atoms with van der Waals surface area (Å²) < 4.78 is 55.5. The topological polar surface area (TPSA) is 111 Å². The molecule has 44 heavy (non-hydrogen) atoms. The molecule has 1 aliphatic rings. The van der Waals surface area contributed by atoms with Crippen LogP contribution in [0.4, 0.5) is 22.4 Å². The molecule has 1 fully saturated rings. The van der Waals surface area contributed by atoms with E-state index >= 15 is 0 Å². The molecule has 13 heteroatoms. The number of benzene rings is 3. The highest BCUT2D eigenvalue weighted by atomic mass is 32.2. The van der Waals surface area contributed by atoms with Crippen molar-refractivity contribution in [3.8, 4) is 0 Å². The minimum absolute atomic E-state index is 0.00300. The highest BCUT2D eigenvalue weighted by molar-refractivity contribution is 8.00. The summed E-state index contributed by atoms with van der Waals surface area (Å²) in [4.78, 5) is 41.0. The van der Waals surface area contributed by atoms with Gasteiger partial charge in [-0.25, -0.2) is 22.4 Å². The van der Waals surface area contributed by atoms with Crippen LogP contribution in [0.2, 0.25) is 0 Å². The van der Waals surface area contributed by atoms with Gasteiger partial charge in [-0.05, 0) is 50.1 Å². The predicted octanol–water partition coefficient (Wildman–Crippen LogP) is 4.01. The van der Waals surface area contributed by atoms with Crippen molar-refractivity contribution in [2.24, 2.45) is 0 Å². The van der Waals surface area contributed by atoms with E-state index in [1.165, 1.54) is 23.9 Å². The van der Waals surface area contributed by atoms with E-state index in [1.54, 1.807) is 44.2 Å². The molecule has 0 aliphatic carbocycles.